The summed E-state index contributed by atoms with van der Waals surface area (Å²) in [6.07, 6.45) is 8.61. The molecular formula is C22H28ClN3O3. The Labute approximate surface area is 176 Å². The Balaban J connectivity index is 1.24. The number of nitrogens with zero attached hydrogens (tertiary/aromatic N) is 3. The SMILES string of the molecule is O=C(CC12CC3CC(CC(C3)C1)C2)N1CCN(c2c(Cl)cccc2[N+](=O)[O-])CC1. The number of carbonyl (C=O) groups excluding carboxylic acids is 1. The van der Waals surface area contributed by atoms with Crippen molar-refractivity contribution < 1.29 is 9.72 Å². The highest BCUT2D eigenvalue weighted by molar-refractivity contribution is 6.33. The molecule has 0 radical (unpaired) electrons. The molecule has 5 fully saturated rings. The van der Waals surface area contributed by atoms with E-state index >= 15 is 0 Å². The van der Waals surface area contributed by atoms with Gasteiger partial charge in [-0.25, -0.2) is 0 Å². The van der Waals surface area contributed by atoms with Crippen LogP contribution in [0.5, 0.6) is 0 Å². The van der Waals surface area contributed by atoms with Gasteiger partial charge in [-0.3, -0.25) is 14.9 Å². The Morgan fingerprint density at radius 2 is 1.66 bits per heavy atom. The molecule has 7 heteroatoms. The van der Waals surface area contributed by atoms with Crippen molar-refractivity contribution in [1.82, 2.24) is 4.90 Å². The molecule has 4 aliphatic carbocycles. The maximum atomic E-state index is 13.1. The molecule has 1 heterocycles. The van der Waals surface area contributed by atoms with Crippen LogP contribution in [0.4, 0.5) is 11.4 Å². The van der Waals surface area contributed by atoms with E-state index in [1.54, 1.807) is 12.1 Å². The van der Waals surface area contributed by atoms with Gasteiger partial charge in [-0.2, -0.15) is 0 Å². The molecule has 0 atom stereocenters. The highest BCUT2D eigenvalue weighted by Crippen LogP contribution is 2.61. The lowest BCUT2D eigenvalue weighted by atomic mass is 9.49. The molecule has 4 saturated carbocycles. The summed E-state index contributed by atoms with van der Waals surface area (Å²) < 4.78 is 0. The van der Waals surface area contributed by atoms with Crippen LogP contribution < -0.4 is 4.90 Å². The predicted octanol–water partition coefficient (Wildman–Crippen LogP) is 4.50. The highest BCUT2D eigenvalue weighted by atomic mass is 35.5. The molecule has 29 heavy (non-hydrogen) atoms. The van der Waals surface area contributed by atoms with Crippen LogP contribution >= 0.6 is 11.6 Å². The molecule has 0 aromatic heterocycles. The van der Waals surface area contributed by atoms with E-state index < -0.39 is 0 Å². The van der Waals surface area contributed by atoms with E-state index in [2.05, 4.69) is 0 Å². The van der Waals surface area contributed by atoms with Crippen LogP contribution in [0.2, 0.25) is 5.02 Å². The van der Waals surface area contributed by atoms with Crippen molar-refractivity contribution in [3.63, 3.8) is 0 Å². The molecule has 1 aromatic carbocycles. The summed E-state index contributed by atoms with van der Waals surface area (Å²) in [6, 6.07) is 4.79. The highest BCUT2D eigenvalue weighted by Gasteiger charge is 2.51. The minimum Gasteiger partial charge on any atom is -0.361 e. The van der Waals surface area contributed by atoms with Gasteiger partial charge in [0.05, 0.1) is 9.95 Å². The van der Waals surface area contributed by atoms with Crippen molar-refractivity contribution in [2.24, 2.45) is 23.2 Å². The van der Waals surface area contributed by atoms with Crippen LogP contribution in [-0.2, 0) is 4.79 Å². The number of amides is 1. The summed E-state index contributed by atoms with van der Waals surface area (Å²) in [4.78, 5) is 28.1. The van der Waals surface area contributed by atoms with Crippen LogP contribution in [-0.4, -0.2) is 41.9 Å². The van der Waals surface area contributed by atoms with Crippen molar-refractivity contribution >= 4 is 28.9 Å². The van der Waals surface area contributed by atoms with Crippen molar-refractivity contribution in [2.45, 2.75) is 44.9 Å². The van der Waals surface area contributed by atoms with E-state index in [9.17, 15) is 14.9 Å². The second-order valence-electron chi connectivity index (χ2n) is 9.83. The summed E-state index contributed by atoms with van der Waals surface area (Å²) in [6.45, 7) is 2.37. The first-order valence-corrected chi connectivity index (χ1v) is 11.3. The van der Waals surface area contributed by atoms with Gasteiger partial charge < -0.3 is 9.80 Å². The van der Waals surface area contributed by atoms with E-state index in [0.29, 0.717) is 43.3 Å². The van der Waals surface area contributed by atoms with E-state index in [1.807, 2.05) is 9.80 Å². The number of carbonyl (C=O) groups is 1. The topological polar surface area (TPSA) is 66.7 Å². The molecule has 4 bridgehead atoms. The zero-order chi connectivity index (χ0) is 20.2. The van der Waals surface area contributed by atoms with Gasteiger partial charge in [0.1, 0.15) is 5.69 Å². The summed E-state index contributed by atoms with van der Waals surface area (Å²) in [5.41, 5.74) is 0.767. The second kappa shape index (κ2) is 7.15. The molecular weight excluding hydrogens is 390 g/mol. The van der Waals surface area contributed by atoms with Crippen LogP contribution in [0.25, 0.3) is 0 Å². The van der Waals surface area contributed by atoms with Gasteiger partial charge in [-0.15, -0.1) is 0 Å². The predicted molar refractivity (Wildman–Crippen MR) is 112 cm³/mol. The monoisotopic (exact) mass is 417 g/mol. The molecule has 156 valence electrons. The Morgan fingerprint density at radius 1 is 1.07 bits per heavy atom. The maximum absolute atomic E-state index is 13.1. The van der Waals surface area contributed by atoms with Crippen LogP contribution in [0.3, 0.4) is 0 Å². The Bertz CT molecular complexity index is 799. The van der Waals surface area contributed by atoms with Crippen LogP contribution in [0.1, 0.15) is 44.9 Å². The zero-order valence-corrected chi connectivity index (χ0v) is 17.4. The van der Waals surface area contributed by atoms with Gasteiger partial charge in [0, 0.05) is 38.7 Å². The molecule has 5 aliphatic rings. The molecule has 0 spiro atoms. The fraction of sp³-hybridized carbons (Fsp3) is 0.682. The minimum atomic E-state index is -0.383. The molecule has 1 aromatic rings. The normalized spacial score (nSPS) is 33.2. The molecule has 6 rings (SSSR count). The maximum Gasteiger partial charge on any atom is 0.294 e. The van der Waals surface area contributed by atoms with Gasteiger partial charge in [-0.05, 0) is 67.8 Å². The number of benzene rings is 1. The lowest BCUT2D eigenvalue weighted by molar-refractivity contribution is -0.384. The van der Waals surface area contributed by atoms with Gasteiger partial charge in [0.2, 0.25) is 5.91 Å². The van der Waals surface area contributed by atoms with Gasteiger partial charge in [-0.1, -0.05) is 17.7 Å². The fourth-order valence-electron chi connectivity index (χ4n) is 7.08. The average molecular weight is 418 g/mol. The van der Waals surface area contributed by atoms with Gasteiger partial charge >= 0.3 is 0 Å². The average Bonchev–Trinajstić information content (AvgIpc) is 2.66. The number of rotatable bonds is 4. The number of para-hydroxylation sites is 1. The van der Waals surface area contributed by atoms with Gasteiger partial charge in [0.15, 0.2) is 0 Å². The lowest BCUT2D eigenvalue weighted by Crippen LogP contribution is -2.52. The molecule has 1 aliphatic heterocycles. The smallest absolute Gasteiger partial charge is 0.294 e. The van der Waals surface area contributed by atoms with Crippen molar-refractivity contribution in [3.05, 3.63) is 33.3 Å². The number of hydrogen-bond acceptors (Lipinski definition) is 4. The quantitative estimate of drug-likeness (QED) is 0.534. The summed E-state index contributed by atoms with van der Waals surface area (Å²) in [7, 11) is 0. The van der Waals surface area contributed by atoms with Gasteiger partial charge in [0.25, 0.3) is 5.69 Å². The molecule has 1 saturated heterocycles. The summed E-state index contributed by atoms with van der Waals surface area (Å²) in [5.74, 6) is 2.84. The number of anilines is 1. The Kier molecular flexibility index (Phi) is 4.72. The standard InChI is InChI=1S/C22H28ClN3O3/c23-18-2-1-3-19(26(28)29)21(18)25-6-4-24(5-7-25)20(27)14-22-11-15-8-16(12-22)10-17(9-15)13-22/h1-3,15-17H,4-14H2. The Morgan fingerprint density at radius 3 is 2.21 bits per heavy atom. The number of nitro benzene ring substituents is 1. The number of nitro groups is 1. The van der Waals surface area contributed by atoms with Crippen molar-refractivity contribution in [1.29, 1.82) is 0 Å². The Hall–Kier alpha value is -1.82. The minimum absolute atomic E-state index is 0.0332. The first kappa shape index (κ1) is 19.2. The third kappa shape index (κ3) is 3.49. The number of halogens is 1. The van der Waals surface area contributed by atoms with Crippen LogP contribution in [0.15, 0.2) is 18.2 Å². The molecule has 6 nitrogen and oxygen atoms in total. The number of piperazine rings is 1. The van der Waals surface area contributed by atoms with E-state index in [-0.39, 0.29) is 21.9 Å². The molecule has 0 unspecified atom stereocenters. The van der Waals surface area contributed by atoms with Crippen molar-refractivity contribution in [2.75, 3.05) is 31.1 Å². The molecule has 1 amide bonds. The van der Waals surface area contributed by atoms with E-state index in [4.69, 9.17) is 11.6 Å². The largest absolute Gasteiger partial charge is 0.361 e. The summed E-state index contributed by atoms with van der Waals surface area (Å²) >= 11 is 6.28. The lowest BCUT2D eigenvalue weighted by Gasteiger charge is -2.57. The fourth-order valence-corrected chi connectivity index (χ4v) is 7.37. The first-order chi connectivity index (χ1) is 13.9. The van der Waals surface area contributed by atoms with Crippen molar-refractivity contribution in [3.8, 4) is 0 Å². The second-order valence-corrected chi connectivity index (χ2v) is 10.2. The molecule has 0 N–H and O–H groups in total. The van der Waals surface area contributed by atoms with E-state index in [0.717, 1.165) is 17.8 Å². The third-order valence-electron chi connectivity index (χ3n) is 7.80. The summed E-state index contributed by atoms with van der Waals surface area (Å²) in [5, 5.41) is 11.8. The van der Waals surface area contributed by atoms with Crippen LogP contribution in [0, 0.1) is 33.3 Å². The third-order valence-corrected chi connectivity index (χ3v) is 8.11. The first-order valence-electron chi connectivity index (χ1n) is 10.9. The number of hydrogen-bond donors (Lipinski definition) is 0. The zero-order valence-electron chi connectivity index (χ0n) is 16.7. The van der Waals surface area contributed by atoms with E-state index in [1.165, 1.54) is 44.6 Å².